The Morgan fingerprint density at radius 1 is 0.217 bits per heavy atom. The third kappa shape index (κ3) is 9.21. The van der Waals surface area contributed by atoms with Gasteiger partial charge in [0.25, 0.3) is 0 Å². The third-order valence-electron chi connectivity index (χ3n) is 17.9. The van der Waals surface area contributed by atoms with E-state index in [1.807, 2.05) is 121 Å². The van der Waals surface area contributed by atoms with Crippen LogP contribution in [-0.4, -0.2) is 0 Å². The summed E-state index contributed by atoms with van der Waals surface area (Å²) in [7, 11) is -3.48. The Morgan fingerprint density at radius 2 is 0.435 bits per heavy atom. The molecule has 0 aliphatic carbocycles. The quantitative estimate of drug-likeness (QED) is 0.141. The van der Waals surface area contributed by atoms with Gasteiger partial charge in [-0.05, 0) is 127 Å². The predicted octanol–water partition coefficient (Wildman–Crippen LogP) is 20.5. The van der Waals surface area contributed by atoms with Crippen molar-refractivity contribution in [2.45, 2.75) is 0 Å². The minimum atomic E-state index is -3.48. The normalized spacial score (nSPS) is 13.4. The molecule has 0 atom stereocenters. The largest absolute Gasteiger partial charge is 0.455 e. The fourth-order valence-electron chi connectivity index (χ4n) is 13.4. The molecule has 0 spiro atoms. The second-order valence-corrected chi connectivity index (χ2v) is 30.1. The average Bonchev–Trinajstić information content (AvgIpc) is 0.699. The molecule has 0 unspecified atom stereocenters. The van der Waals surface area contributed by atoms with Gasteiger partial charge >= 0.3 is 0 Å². The average molecular weight is 1240 g/mol. The van der Waals surface area contributed by atoms with Crippen LogP contribution < -0.4 is 50.8 Å². The van der Waals surface area contributed by atoms with E-state index >= 15 is 4.57 Å². The zero-order valence-corrected chi connectivity index (χ0v) is 52.1. The second kappa shape index (κ2) is 22.6. The molecule has 4 heterocycles. The molecule has 92 heavy (non-hydrogen) atoms. The molecule has 8 heteroatoms. The van der Waals surface area contributed by atoms with Crippen LogP contribution >= 0.6 is 13.2 Å². The molecule has 14 aromatic rings. The molecule has 4 aliphatic rings. The van der Waals surface area contributed by atoms with Gasteiger partial charge in [-0.15, -0.1) is 0 Å². The van der Waals surface area contributed by atoms with E-state index in [9.17, 15) is 0 Å². The van der Waals surface area contributed by atoms with Gasteiger partial charge in [0.2, 0.25) is 0 Å². The van der Waals surface area contributed by atoms with Crippen LogP contribution in [0, 0.1) is 0 Å². The van der Waals surface area contributed by atoms with Crippen LogP contribution in [0.25, 0.3) is 89.0 Å². The zero-order valence-electron chi connectivity index (χ0n) is 49.5. The standard InChI is InChI=1S/C42H27O3P.C42H27O2PS/c43-46-38-23-21-32(28-13-5-1-6-14-28)25-36(38)44-40-34(30-17-9-3-10-18-30)27-35(31-19-11-4-12-20-31)41(42(40)46)45-37-26-33(22-24-39(37)46)29-15-7-2-8-16-29;46-45-38-23-21-32(28-13-5-1-6-14-28)25-36(38)43-40-34(30-17-9-3-10-18-30)27-35(31-19-11-4-12-20-31)41(42(40)45)44-37-26-33(22-24-39(37)45)29-15-7-2-8-16-29/h2*1-27H. The van der Waals surface area contributed by atoms with Gasteiger partial charge in [0, 0.05) is 32.9 Å². The molecule has 0 radical (unpaired) electrons. The van der Waals surface area contributed by atoms with E-state index in [-0.39, 0.29) is 0 Å². The lowest BCUT2D eigenvalue weighted by Crippen LogP contribution is -2.35. The van der Waals surface area contributed by atoms with Crippen LogP contribution in [0.4, 0.5) is 0 Å². The minimum Gasteiger partial charge on any atom is -0.455 e. The van der Waals surface area contributed by atoms with Crippen molar-refractivity contribution in [2.75, 3.05) is 0 Å². The van der Waals surface area contributed by atoms with Crippen LogP contribution in [0.1, 0.15) is 0 Å². The number of hydrogen-bond donors (Lipinski definition) is 0. The molecule has 0 aromatic heterocycles. The Bertz CT molecular complexity index is 4650. The highest BCUT2D eigenvalue weighted by molar-refractivity contribution is 8.26. The summed E-state index contributed by atoms with van der Waals surface area (Å²) in [5.41, 5.74) is 16.5. The number of benzene rings is 14. The fourth-order valence-corrected chi connectivity index (χ4v) is 20.9. The lowest BCUT2D eigenvalue weighted by Gasteiger charge is -2.39. The summed E-state index contributed by atoms with van der Waals surface area (Å²) in [6, 6.07) is 109. The van der Waals surface area contributed by atoms with Crippen LogP contribution in [-0.2, 0) is 16.4 Å². The van der Waals surface area contributed by atoms with Crippen LogP contribution in [0.15, 0.2) is 328 Å². The first-order valence-electron chi connectivity index (χ1n) is 30.7. The first-order chi connectivity index (χ1) is 45.4. The molecule has 4 aliphatic heterocycles. The molecule has 0 amide bonds. The van der Waals surface area contributed by atoms with E-state index in [2.05, 4.69) is 206 Å². The van der Waals surface area contributed by atoms with Crippen molar-refractivity contribution >= 4 is 56.8 Å². The molecule has 0 saturated heterocycles. The maximum absolute atomic E-state index is 16.2. The summed E-state index contributed by atoms with van der Waals surface area (Å²) in [6.07, 6.45) is 0. The molecule has 0 N–H and O–H groups in total. The van der Waals surface area contributed by atoms with E-state index in [4.69, 9.17) is 30.8 Å². The lowest BCUT2D eigenvalue weighted by molar-refractivity contribution is 0.464. The molecule has 0 saturated carbocycles. The first kappa shape index (κ1) is 55.2. The number of ether oxygens (including phenoxy) is 4. The summed E-state index contributed by atoms with van der Waals surface area (Å²) in [6.45, 7) is 0. The van der Waals surface area contributed by atoms with Gasteiger partial charge in [-0.1, -0.05) is 279 Å². The van der Waals surface area contributed by atoms with Crippen molar-refractivity contribution in [1.82, 2.24) is 0 Å². The van der Waals surface area contributed by atoms with Gasteiger partial charge in [-0.3, -0.25) is 0 Å². The molecule has 0 fully saturated rings. The van der Waals surface area contributed by atoms with Crippen LogP contribution in [0.2, 0.25) is 0 Å². The van der Waals surface area contributed by atoms with Gasteiger partial charge in [-0.25, -0.2) is 0 Å². The molecule has 436 valence electrons. The van der Waals surface area contributed by atoms with Crippen molar-refractivity contribution < 1.29 is 23.5 Å². The minimum absolute atomic E-state index is 0.583. The Balaban J connectivity index is 0.000000141. The van der Waals surface area contributed by atoms with Crippen LogP contribution in [0.5, 0.6) is 46.0 Å². The number of rotatable bonds is 8. The first-order valence-corrected chi connectivity index (χ1v) is 35.2. The predicted molar refractivity (Wildman–Crippen MR) is 382 cm³/mol. The van der Waals surface area contributed by atoms with E-state index in [0.29, 0.717) is 38.9 Å². The Hall–Kier alpha value is -10.8. The van der Waals surface area contributed by atoms with Crippen molar-refractivity contribution in [3.63, 3.8) is 0 Å². The Kier molecular flexibility index (Phi) is 13.6. The number of hydrogen-bond acceptors (Lipinski definition) is 6. The van der Waals surface area contributed by atoms with Gasteiger partial charge in [0.15, 0.2) is 7.14 Å². The maximum atomic E-state index is 16.2. The molecular formula is C84H54O5P2S. The van der Waals surface area contributed by atoms with Crippen molar-refractivity contribution in [3.8, 4) is 135 Å². The lowest BCUT2D eigenvalue weighted by atomic mass is 9.96. The van der Waals surface area contributed by atoms with Gasteiger partial charge in [-0.2, -0.15) is 0 Å². The highest BCUT2D eigenvalue weighted by Gasteiger charge is 2.49. The number of fused-ring (bicyclic) bond motifs is 8. The third-order valence-corrected chi connectivity index (χ3v) is 25.8. The van der Waals surface area contributed by atoms with E-state index in [1.54, 1.807) is 0 Å². The zero-order chi connectivity index (χ0) is 61.3. The highest BCUT2D eigenvalue weighted by atomic mass is 32.4. The molecule has 0 bridgehead atoms. The topological polar surface area (TPSA) is 54.0 Å². The van der Waals surface area contributed by atoms with Crippen molar-refractivity contribution in [2.24, 2.45) is 0 Å². The highest BCUT2D eigenvalue weighted by Crippen LogP contribution is 2.64. The van der Waals surface area contributed by atoms with Crippen LogP contribution in [0.3, 0.4) is 0 Å². The summed E-state index contributed by atoms with van der Waals surface area (Å²) in [5.74, 6) is 5.58. The SMILES string of the molecule is O=P12c3ccc(-c4ccccc4)cc3Oc3c(-c4ccccc4)cc(-c4ccccc4)c(c31)Oc1cc(-c3ccccc3)ccc12.S=P12c3ccc(-c4ccccc4)cc3Oc3c(-c4ccccc4)cc(-c4ccccc4)c(c31)Oc1cc(-c3ccccc3)ccc12. The van der Waals surface area contributed by atoms with E-state index < -0.39 is 13.2 Å². The van der Waals surface area contributed by atoms with E-state index in [1.165, 1.54) is 0 Å². The summed E-state index contributed by atoms with van der Waals surface area (Å²) < 4.78 is 44.0. The second-order valence-electron chi connectivity index (χ2n) is 23.2. The Labute approximate surface area is 539 Å². The molecule has 14 aromatic carbocycles. The fraction of sp³-hybridized carbons (Fsp3) is 0. The van der Waals surface area contributed by atoms with Crippen molar-refractivity contribution in [3.05, 3.63) is 328 Å². The molecular weight excluding hydrogens is 1180 g/mol. The van der Waals surface area contributed by atoms with Gasteiger partial charge in [0.1, 0.15) is 51.3 Å². The van der Waals surface area contributed by atoms with Gasteiger partial charge in [0.05, 0.1) is 22.0 Å². The summed E-state index contributed by atoms with van der Waals surface area (Å²) in [4.78, 5) is 0. The maximum Gasteiger partial charge on any atom is 0.185 e. The molecule has 5 nitrogen and oxygen atoms in total. The molecule has 18 rings (SSSR count). The summed E-state index contributed by atoms with van der Waals surface area (Å²) >= 11 is 7.05. The van der Waals surface area contributed by atoms with Crippen molar-refractivity contribution in [1.29, 1.82) is 0 Å². The van der Waals surface area contributed by atoms with E-state index in [0.717, 1.165) is 128 Å². The smallest absolute Gasteiger partial charge is 0.185 e. The monoisotopic (exact) mass is 1240 g/mol. The van der Waals surface area contributed by atoms with Gasteiger partial charge < -0.3 is 23.5 Å². The Morgan fingerprint density at radius 3 is 0.696 bits per heavy atom. The summed E-state index contributed by atoms with van der Waals surface area (Å²) in [5, 5.41) is 5.08.